The van der Waals surface area contributed by atoms with Gasteiger partial charge in [0, 0.05) is 23.3 Å². The molecule has 0 radical (unpaired) electrons. The number of benzene rings is 3. The average molecular weight is 509 g/mol. The first kappa shape index (κ1) is 26.5. The lowest BCUT2D eigenvalue weighted by atomic mass is 10.1. The minimum atomic E-state index is -0.801. The summed E-state index contributed by atoms with van der Waals surface area (Å²) in [5.41, 5.74) is 2.51. The molecule has 12 heteroatoms. The standard InChI is InChI=1S/C25H23N3O9/c1-33-19-8-5-15(6-9-19)24(29)27-26-14-17-11-18(28(31)32)7-10-20(17)37-25(30)16-12-21(34-2)23(36-4)22(13-16)35-3/h5-14H,1-4H3,(H,27,29)/b26-14+. The second-order valence-corrected chi connectivity index (χ2v) is 7.21. The zero-order chi connectivity index (χ0) is 26.9. The van der Waals surface area contributed by atoms with Crippen molar-refractivity contribution in [1.29, 1.82) is 0 Å². The van der Waals surface area contributed by atoms with E-state index in [9.17, 15) is 19.7 Å². The molecule has 0 saturated carbocycles. The van der Waals surface area contributed by atoms with Gasteiger partial charge in [-0.15, -0.1) is 0 Å². The molecule has 0 bridgehead atoms. The fourth-order valence-corrected chi connectivity index (χ4v) is 3.17. The Balaban J connectivity index is 1.86. The molecule has 192 valence electrons. The molecule has 0 unspecified atom stereocenters. The Morgan fingerprint density at radius 3 is 2.03 bits per heavy atom. The lowest BCUT2D eigenvalue weighted by Gasteiger charge is -2.14. The van der Waals surface area contributed by atoms with Gasteiger partial charge in [0.2, 0.25) is 5.75 Å². The van der Waals surface area contributed by atoms with E-state index in [1.165, 1.54) is 52.7 Å². The molecule has 3 aromatic rings. The molecule has 37 heavy (non-hydrogen) atoms. The minimum Gasteiger partial charge on any atom is -0.497 e. The third-order valence-corrected chi connectivity index (χ3v) is 5.03. The van der Waals surface area contributed by atoms with Gasteiger partial charge in [-0.25, -0.2) is 10.2 Å². The molecule has 0 atom stereocenters. The summed E-state index contributed by atoms with van der Waals surface area (Å²) in [6.45, 7) is 0. The number of methoxy groups -OCH3 is 4. The maximum Gasteiger partial charge on any atom is 0.343 e. The van der Waals surface area contributed by atoms with Crippen molar-refractivity contribution < 1.29 is 38.2 Å². The van der Waals surface area contributed by atoms with Gasteiger partial charge in [-0.2, -0.15) is 5.10 Å². The summed E-state index contributed by atoms with van der Waals surface area (Å²) >= 11 is 0. The summed E-state index contributed by atoms with van der Waals surface area (Å²) in [6, 6.07) is 12.7. The lowest BCUT2D eigenvalue weighted by molar-refractivity contribution is -0.384. The Morgan fingerprint density at radius 1 is 0.838 bits per heavy atom. The van der Waals surface area contributed by atoms with Gasteiger partial charge in [-0.05, 0) is 42.5 Å². The van der Waals surface area contributed by atoms with Crippen LogP contribution in [0.2, 0.25) is 0 Å². The van der Waals surface area contributed by atoms with E-state index in [0.717, 1.165) is 12.3 Å². The van der Waals surface area contributed by atoms with Crippen LogP contribution in [0.4, 0.5) is 5.69 Å². The number of rotatable bonds is 10. The number of hydrogen-bond donors (Lipinski definition) is 1. The van der Waals surface area contributed by atoms with E-state index in [2.05, 4.69) is 10.5 Å². The molecule has 12 nitrogen and oxygen atoms in total. The molecular weight excluding hydrogens is 486 g/mol. The highest BCUT2D eigenvalue weighted by Crippen LogP contribution is 2.38. The van der Waals surface area contributed by atoms with Crippen LogP contribution in [0.3, 0.4) is 0 Å². The zero-order valence-electron chi connectivity index (χ0n) is 20.3. The Labute approximate surface area is 211 Å². The van der Waals surface area contributed by atoms with Crippen LogP contribution in [0.5, 0.6) is 28.7 Å². The number of ether oxygens (including phenoxy) is 5. The number of nitrogens with one attached hydrogen (secondary N) is 1. The number of nitrogens with zero attached hydrogens (tertiary/aromatic N) is 2. The molecule has 0 heterocycles. The highest BCUT2D eigenvalue weighted by atomic mass is 16.6. The molecule has 3 aromatic carbocycles. The number of nitro groups is 1. The van der Waals surface area contributed by atoms with Crippen LogP contribution in [0, 0.1) is 10.1 Å². The fraction of sp³-hybridized carbons (Fsp3) is 0.160. The van der Waals surface area contributed by atoms with Crippen molar-refractivity contribution in [2.45, 2.75) is 0 Å². The van der Waals surface area contributed by atoms with E-state index in [4.69, 9.17) is 23.7 Å². The second-order valence-electron chi connectivity index (χ2n) is 7.21. The SMILES string of the molecule is COc1ccc(C(=O)N/N=C/c2cc([N+](=O)[O-])ccc2OC(=O)c2cc(OC)c(OC)c(OC)c2)cc1. The topological polar surface area (TPSA) is 148 Å². The molecule has 1 N–H and O–H groups in total. The van der Waals surface area contributed by atoms with Gasteiger partial charge in [-0.3, -0.25) is 14.9 Å². The van der Waals surface area contributed by atoms with Gasteiger partial charge < -0.3 is 23.7 Å². The fourth-order valence-electron chi connectivity index (χ4n) is 3.17. The molecule has 0 aliphatic carbocycles. The highest BCUT2D eigenvalue weighted by Gasteiger charge is 2.20. The average Bonchev–Trinajstić information content (AvgIpc) is 2.92. The quantitative estimate of drug-likeness (QED) is 0.142. The van der Waals surface area contributed by atoms with Crippen molar-refractivity contribution >= 4 is 23.8 Å². The largest absolute Gasteiger partial charge is 0.497 e. The van der Waals surface area contributed by atoms with E-state index in [-0.39, 0.29) is 39.8 Å². The number of nitro benzene ring substituents is 1. The van der Waals surface area contributed by atoms with E-state index in [1.807, 2.05) is 0 Å². The molecule has 0 aromatic heterocycles. The van der Waals surface area contributed by atoms with Crippen LogP contribution >= 0.6 is 0 Å². The number of hydrogen-bond acceptors (Lipinski definition) is 10. The number of hydrazone groups is 1. The molecule has 3 rings (SSSR count). The van der Waals surface area contributed by atoms with Crippen LogP contribution in [-0.2, 0) is 0 Å². The molecular formula is C25H23N3O9. The van der Waals surface area contributed by atoms with E-state index in [0.29, 0.717) is 11.3 Å². The minimum absolute atomic E-state index is 0.0354. The van der Waals surface area contributed by atoms with Crippen LogP contribution in [0.1, 0.15) is 26.3 Å². The van der Waals surface area contributed by atoms with Crippen molar-refractivity contribution in [2.24, 2.45) is 5.10 Å². The number of esters is 1. The third-order valence-electron chi connectivity index (χ3n) is 5.03. The summed E-state index contributed by atoms with van der Waals surface area (Å²) in [4.78, 5) is 35.9. The summed E-state index contributed by atoms with van der Waals surface area (Å²) in [5, 5.41) is 15.1. The van der Waals surface area contributed by atoms with Crippen molar-refractivity contribution in [3.8, 4) is 28.7 Å². The number of carbonyl (C=O) groups is 2. The monoisotopic (exact) mass is 509 g/mol. The van der Waals surface area contributed by atoms with Gasteiger partial charge >= 0.3 is 5.97 Å². The first-order valence-electron chi connectivity index (χ1n) is 10.6. The van der Waals surface area contributed by atoms with Gasteiger partial charge in [-0.1, -0.05) is 0 Å². The van der Waals surface area contributed by atoms with Crippen LogP contribution in [0.25, 0.3) is 0 Å². The van der Waals surface area contributed by atoms with Crippen molar-refractivity contribution in [1.82, 2.24) is 5.43 Å². The van der Waals surface area contributed by atoms with E-state index in [1.54, 1.807) is 24.3 Å². The highest BCUT2D eigenvalue weighted by molar-refractivity contribution is 5.96. The predicted octanol–water partition coefficient (Wildman–Crippen LogP) is 3.61. The van der Waals surface area contributed by atoms with E-state index < -0.39 is 16.8 Å². The first-order valence-corrected chi connectivity index (χ1v) is 10.6. The summed E-state index contributed by atoms with van der Waals surface area (Å²) < 4.78 is 26.3. The van der Waals surface area contributed by atoms with Gasteiger partial charge in [0.05, 0.1) is 45.1 Å². The smallest absolute Gasteiger partial charge is 0.343 e. The first-order chi connectivity index (χ1) is 17.8. The normalized spacial score (nSPS) is 10.5. The third kappa shape index (κ3) is 6.31. The van der Waals surface area contributed by atoms with Crippen molar-refractivity contribution in [3.05, 3.63) is 81.4 Å². The molecule has 0 saturated heterocycles. The predicted molar refractivity (Wildman–Crippen MR) is 132 cm³/mol. The number of non-ortho nitro benzene ring substituents is 1. The van der Waals surface area contributed by atoms with Crippen molar-refractivity contribution in [3.63, 3.8) is 0 Å². The van der Waals surface area contributed by atoms with Gasteiger partial charge in [0.1, 0.15) is 11.5 Å². The maximum atomic E-state index is 12.9. The zero-order valence-corrected chi connectivity index (χ0v) is 20.3. The van der Waals surface area contributed by atoms with Crippen LogP contribution < -0.4 is 29.1 Å². The number of amides is 1. The Kier molecular flexibility index (Phi) is 8.60. The molecule has 1 amide bonds. The lowest BCUT2D eigenvalue weighted by Crippen LogP contribution is -2.17. The Morgan fingerprint density at radius 2 is 1.49 bits per heavy atom. The molecule has 0 aliphatic heterocycles. The van der Waals surface area contributed by atoms with E-state index >= 15 is 0 Å². The number of carbonyl (C=O) groups excluding carboxylic acids is 2. The van der Waals surface area contributed by atoms with Crippen LogP contribution in [-0.4, -0.2) is 51.5 Å². The molecule has 0 spiro atoms. The summed E-state index contributed by atoms with van der Waals surface area (Å²) in [6.07, 6.45) is 1.13. The summed E-state index contributed by atoms with van der Waals surface area (Å²) in [7, 11) is 5.73. The summed E-state index contributed by atoms with van der Waals surface area (Å²) in [5.74, 6) is -0.0225. The molecule has 0 aliphatic rings. The Hall–Kier alpha value is -5.13. The van der Waals surface area contributed by atoms with Crippen molar-refractivity contribution in [2.75, 3.05) is 28.4 Å². The molecule has 0 fully saturated rings. The Bertz CT molecular complexity index is 1310. The van der Waals surface area contributed by atoms with Gasteiger partial charge in [0.15, 0.2) is 11.5 Å². The second kappa shape index (κ2) is 12.0. The van der Waals surface area contributed by atoms with Crippen LogP contribution in [0.15, 0.2) is 59.7 Å². The van der Waals surface area contributed by atoms with Gasteiger partial charge in [0.25, 0.3) is 11.6 Å². The maximum absolute atomic E-state index is 12.9.